The van der Waals surface area contributed by atoms with Gasteiger partial charge in [0.2, 0.25) is 17.6 Å². The van der Waals surface area contributed by atoms with Gasteiger partial charge in [0.15, 0.2) is 0 Å². The fraction of sp³-hybridized carbons (Fsp3) is 0.667. The van der Waals surface area contributed by atoms with Crippen LogP contribution in [0, 0.1) is 18.8 Å². The van der Waals surface area contributed by atoms with E-state index in [2.05, 4.69) is 20.5 Å². The molecule has 1 aromatic rings. The zero-order valence-electron chi connectivity index (χ0n) is 24.5. The molecule has 0 spiro atoms. The van der Waals surface area contributed by atoms with Crippen molar-refractivity contribution in [3.63, 3.8) is 0 Å². The third-order valence-corrected chi connectivity index (χ3v) is 6.53. The third-order valence-electron chi connectivity index (χ3n) is 6.53. The summed E-state index contributed by atoms with van der Waals surface area (Å²) in [5.41, 5.74) is -0.0378. The van der Waals surface area contributed by atoms with Crippen LogP contribution in [0.4, 0.5) is 13.2 Å². The van der Waals surface area contributed by atoms with E-state index in [0.29, 0.717) is 17.7 Å². The quantitative estimate of drug-likeness (QED) is 0.362. The van der Waals surface area contributed by atoms with Crippen molar-refractivity contribution in [3.05, 3.63) is 28.9 Å². The lowest BCUT2D eigenvalue weighted by atomic mass is 10.0. The van der Waals surface area contributed by atoms with E-state index in [1.165, 1.54) is 24.9 Å². The first-order chi connectivity index (χ1) is 18.3. The molecular weight excluding hydrogens is 531 g/mol. The van der Waals surface area contributed by atoms with Crippen LogP contribution >= 0.6 is 0 Å². The summed E-state index contributed by atoms with van der Waals surface area (Å²) in [5, 5.41) is 9.33. The van der Waals surface area contributed by atoms with Gasteiger partial charge in [0, 0.05) is 19.2 Å². The van der Waals surface area contributed by atoms with Crippen molar-refractivity contribution in [2.24, 2.45) is 11.8 Å². The van der Waals surface area contributed by atoms with Gasteiger partial charge in [-0.25, -0.2) is 0 Å². The number of aromatic nitrogens is 2. The second kappa shape index (κ2) is 12.4. The highest BCUT2D eigenvalue weighted by Gasteiger charge is 2.43. The number of halogens is 3. The SMILES string of the molecule is CC(=O)O/C(=C(/NC(=O)[C@@H]1CCCN1C(=O)[C@@H](NC(=O)c1cnn(C(C)(C)C)c1C)C(C)C)C(C)C)C(F)(F)F. The molecule has 0 aromatic carbocycles. The Morgan fingerprint density at radius 3 is 2.15 bits per heavy atom. The Kier molecular flexibility index (Phi) is 10.2. The fourth-order valence-corrected chi connectivity index (χ4v) is 4.61. The molecule has 1 fully saturated rings. The normalized spacial score (nSPS) is 17.6. The Bertz CT molecular complexity index is 1160. The van der Waals surface area contributed by atoms with E-state index < -0.39 is 59.3 Å². The average molecular weight is 572 g/mol. The average Bonchev–Trinajstić information content (AvgIpc) is 3.44. The highest BCUT2D eigenvalue weighted by Crippen LogP contribution is 2.32. The predicted molar refractivity (Wildman–Crippen MR) is 141 cm³/mol. The summed E-state index contributed by atoms with van der Waals surface area (Å²) in [7, 11) is 0. The maximum atomic E-state index is 13.7. The number of carbonyl (C=O) groups excluding carboxylic acids is 4. The van der Waals surface area contributed by atoms with Gasteiger partial charge in [0.05, 0.1) is 23.0 Å². The summed E-state index contributed by atoms with van der Waals surface area (Å²) in [6.07, 6.45) is -2.94. The Hall–Kier alpha value is -3.38. The molecule has 1 aliphatic heterocycles. The van der Waals surface area contributed by atoms with Crippen molar-refractivity contribution >= 4 is 23.7 Å². The number of nitrogens with zero attached hydrogens (tertiary/aromatic N) is 3. The van der Waals surface area contributed by atoms with Crippen molar-refractivity contribution in [1.29, 1.82) is 0 Å². The van der Waals surface area contributed by atoms with Crippen LogP contribution in [0.2, 0.25) is 0 Å². The summed E-state index contributed by atoms with van der Waals surface area (Å²) in [6, 6.07) is -2.07. The van der Waals surface area contributed by atoms with Gasteiger partial charge < -0.3 is 20.3 Å². The van der Waals surface area contributed by atoms with Crippen LogP contribution in [-0.2, 0) is 24.7 Å². The van der Waals surface area contributed by atoms with Gasteiger partial charge in [-0.15, -0.1) is 0 Å². The maximum Gasteiger partial charge on any atom is 0.451 e. The zero-order valence-corrected chi connectivity index (χ0v) is 24.5. The second-order valence-electron chi connectivity index (χ2n) is 11.6. The lowest BCUT2D eigenvalue weighted by Gasteiger charge is -2.31. The number of hydrogen-bond donors (Lipinski definition) is 2. The van der Waals surface area contributed by atoms with E-state index in [9.17, 15) is 32.3 Å². The molecule has 13 heteroatoms. The third kappa shape index (κ3) is 7.63. The molecule has 1 aromatic heterocycles. The predicted octanol–water partition coefficient (Wildman–Crippen LogP) is 3.80. The number of amides is 3. The van der Waals surface area contributed by atoms with Crippen molar-refractivity contribution in [2.45, 2.75) is 99.0 Å². The summed E-state index contributed by atoms with van der Waals surface area (Å²) in [5.74, 6) is -5.85. The molecule has 2 rings (SSSR count). The van der Waals surface area contributed by atoms with Crippen LogP contribution in [0.1, 0.15) is 84.3 Å². The van der Waals surface area contributed by atoms with E-state index >= 15 is 0 Å². The Labute approximate surface area is 232 Å². The monoisotopic (exact) mass is 571 g/mol. The minimum Gasteiger partial charge on any atom is -0.420 e. The van der Waals surface area contributed by atoms with E-state index in [-0.39, 0.29) is 24.4 Å². The number of alkyl halides is 3. The van der Waals surface area contributed by atoms with Crippen LogP contribution < -0.4 is 10.6 Å². The number of carbonyl (C=O) groups is 4. The van der Waals surface area contributed by atoms with Gasteiger partial charge >= 0.3 is 12.1 Å². The minimum absolute atomic E-state index is 0.188. The van der Waals surface area contributed by atoms with Crippen molar-refractivity contribution in [2.75, 3.05) is 6.54 Å². The number of nitrogens with one attached hydrogen (secondary N) is 2. The highest BCUT2D eigenvalue weighted by atomic mass is 19.4. The standard InChI is InChI=1S/C27H40F3N5O5/c1-14(2)20(22(27(28,29)30)40-17(6)36)32-24(38)19-11-10-12-34(19)25(39)21(15(3)4)33-23(37)18-13-31-35(16(18)5)26(7,8)9/h13-15,19,21H,10-12H2,1-9H3,(H,32,38)(H,33,37)/b22-20+/t19-,21-/m0/s1. The zero-order chi connectivity index (χ0) is 30.7. The molecule has 2 heterocycles. The van der Waals surface area contributed by atoms with E-state index in [4.69, 9.17) is 0 Å². The largest absolute Gasteiger partial charge is 0.451 e. The molecule has 1 aliphatic rings. The smallest absolute Gasteiger partial charge is 0.420 e. The molecular formula is C27H40F3N5O5. The van der Waals surface area contributed by atoms with Crippen LogP contribution in [0.15, 0.2) is 17.7 Å². The number of rotatable bonds is 8. The molecule has 0 bridgehead atoms. The maximum absolute atomic E-state index is 13.7. The first kappa shape index (κ1) is 32.8. The van der Waals surface area contributed by atoms with Gasteiger partial charge in [0.1, 0.15) is 12.1 Å². The number of likely N-dealkylation sites (tertiary alicyclic amines) is 1. The van der Waals surface area contributed by atoms with E-state index in [1.807, 2.05) is 20.8 Å². The molecule has 10 nitrogen and oxygen atoms in total. The van der Waals surface area contributed by atoms with E-state index in [0.717, 1.165) is 6.92 Å². The molecule has 224 valence electrons. The Morgan fingerprint density at radius 2 is 1.70 bits per heavy atom. The van der Waals surface area contributed by atoms with Crippen molar-refractivity contribution in [3.8, 4) is 0 Å². The van der Waals surface area contributed by atoms with Gasteiger partial charge in [0.25, 0.3) is 5.91 Å². The van der Waals surface area contributed by atoms with Gasteiger partial charge in [-0.3, -0.25) is 23.9 Å². The summed E-state index contributed by atoms with van der Waals surface area (Å²) >= 11 is 0. The first-order valence-corrected chi connectivity index (χ1v) is 13.2. The topological polar surface area (TPSA) is 123 Å². The van der Waals surface area contributed by atoms with Gasteiger partial charge in [-0.2, -0.15) is 18.3 Å². The Balaban J connectivity index is 2.32. The fourth-order valence-electron chi connectivity index (χ4n) is 4.61. The summed E-state index contributed by atoms with van der Waals surface area (Å²) < 4.78 is 47.2. The lowest BCUT2D eigenvalue weighted by Crippen LogP contribution is -2.55. The van der Waals surface area contributed by atoms with E-state index in [1.54, 1.807) is 25.5 Å². The van der Waals surface area contributed by atoms with Gasteiger partial charge in [-0.05, 0) is 52.4 Å². The number of allylic oxidation sites excluding steroid dienone is 2. The molecule has 2 atom stereocenters. The molecule has 0 radical (unpaired) electrons. The molecule has 0 aliphatic carbocycles. The number of ether oxygens (including phenoxy) is 1. The summed E-state index contributed by atoms with van der Waals surface area (Å²) in [6.45, 7) is 14.9. The van der Waals surface area contributed by atoms with Crippen molar-refractivity contribution in [1.82, 2.24) is 25.3 Å². The molecule has 0 saturated carbocycles. The minimum atomic E-state index is -5.03. The first-order valence-electron chi connectivity index (χ1n) is 13.2. The molecule has 2 N–H and O–H groups in total. The molecule has 40 heavy (non-hydrogen) atoms. The molecule has 0 unspecified atom stereocenters. The van der Waals surface area contributed by atoms with Crippen LogP contribution in [0.3, 0.4) is 0 Å². The Morgan fingerprint density at radius 1 is 1.10 bits per heavy atom. The number of esters is 1. The van der Waals surface area contributed by atoms with Crippen LogP contribution in [0.25, 0.3) is 0 Å². The summed E-state index contributed by atoms with van der Waals surface area (Å²) in [4.78, 5) is 52.6. The number of hydrogen-bond acceptors (Lipinski definition) is 6. The van der Waals surface area contributed by atoms with Crippen LogP contribution in [0.5, 0.6) is 0 Å². The van der Waals surface area contributed by atoms with Gasteiger partial charge in [-0.1, -0.05) is 27.7 Å². The lowest BCUT2D eigenvalue weighted by molar-refractivity contribution is -0.159. The second-order valence-corrected chi connectivity index (χ2v) is 11.6. The van der Waals surface area contributed by atoms with Crippen LogP contribution in [-0.4, -0.2) is 63.2 Å². The molecule has 1 saturated heterocycles. The molecule has 3 amide bonds. The highest BCUT2D eigenvalue weighted by molar-refractivity contribution is 5.99. The van der Waals surface area contributed by atoms with Crippen molar-refractivity contribution < 1.29 is 37.1 Å².